The number of hydrogen-bond donors (Lipinski definition) is 2. The van der Waals surface area contributed by atoms with Gasteiger partial charge in [0.15, 0.2) is 0 Å². The Kier molecular flexibility index (Phi) is 5.24. The fraction of sp³-hybridized carbons (Fsp3) is 0.100. The van der Waals surface area contributed by atoms with Crippen molar-refractivity contribution in [2.24, 2.45) is 0 Å². The first-order valence-corrected chi connectivity index (χ1v) is 8.59. The second-order valence-corrected chi connectivity index (χ2v) is 6.69. The fourth-order valence-electron chi connectivity index (χ4n) is 2.40. The summed E-state index contributed by atoms with van der Waals surface area (Å²) < 4.78 is 0. The van der Waals surface area contributed by atoms with Crippen LogP contribution in [0.25, 0.3) is 0 Å². The summed E-state index contributed by atoms with van der Waals surface area (Å²) in [6, 6.07) is 21.8. The lowest BCUT2D eigenvalue weighted by molar-refractivity contribution is 0.0951. The Morgan fingerprint density at radius 1 is 1.08 bits per heavy atom. The van der Waals surface area contributed by atoms with E-state index in [1.54, 1.807) is 24.3 Å². The molecule has 0 bridgehead atoms. The first-order chi connectivity index (χ1) is 12.2. The molecule has 0 aliphatic carbocycles. The van der Waals surface area contributed by atoms with Crippen LogP contribution in [-0.4, -0.2) is 11.0 Å². The van der Waals surface area contributed by atoms with Crippen molar-refractivity contribution in [3.8, 4) is 6.07 Å². The number of aliphatic hydroxyl groups excluding tert-OH is 1. The van der Waals surface area contributed by atoms with Gasteiger partial charge in [-0.15, -0.1) is 11.3 Å². The van der Waals surface area contributed by atoms with Gasteiger partial charge < -0.3 is 10.4 Å². The van der Waals surface area contributed by atoms with Crippen LogP contribution in [0.2, 0.25) is 0 Å². The normalized spacial score (nSPS) is 11.5. The largest absolute Gasteiger partial charge is 0.383 e. The minimum Gasteiger partial charge on any atom is -0.383 e. The van der Waals surface area contributed by atoms with E-state index in [9.17, 15) is 9.90 Å². The van der Waals surface area contributed by atoms with Crippen molar-refractivity contribution >= 4 is 17.2 Å². The molecule has 0 saturated carbocycles. The minimum absolute atomic E-state index is 0.192. The minimum atomic E-state index is -0.658. The quantitative estimate of drug-likeness (QED) is 0.739. The number of carbonyl (C=O) groups excluding carboxylic acids is 1. The zero-order valence-electron chi connectivity index (χ0n) is 13.3. The van der Waals surface area contributed by atoms with Crippen molar-refractivity contribution in [2.45, 2.75) is 12.6 Å². The number of amides is 1. The maximum Gasteiger partial charge on any atom is 0.251 e. The summed E-state index contributed by atoms with van der Waals surface area (Å²) in [6.45, 7) is 0.394. The Labute approximate surface area is 150 Å². The van der Waals surface area contributed by atoms with Gasteiger partial charge in [0.1, 0.15) is 6.10 Å². The SMILES string of the molecule is N#Cc1ccc(C(=O)NCc2ccc(C(O)c3ccccc3)s2)cc1. The Balaban J connectivity index is 1.61. The van der Waals surface area contributed by atoms with Gasteiger partial charge in [-0.1, -0.05) is 30.3 Å². The van der Waals surface area contributed by atoms with Crippen molar-refractivity contribution < 1.29 is 9.90 Å². The van der Waals surface area contributed by atoms with Gasteiger partial charge in [0.2, 0.25) is 0 Å². The number of aliphatic hydroxyl groups is 1. The molecule has 1 atom stereocenters. The zero-order chi connectivity index (χ0) is 17.6. The molecule has 0 spiro atoms. The lowest BCUT2D eigenvalue weighted by Crippen LogP contribution is -2.22. The average Bonchev–Trinajstić information content (AvgIpc) is 3.15. The van der Waals surface area contributed by atoms with Crippen LogP contribution in [0.1, 0.15) is 37.3 Å². The van der Waals surface area contributed by atoms with Gasteiger partial charge in [-0.2, -0.15) is 5.26 Å². The van der Waals surface area contributed by atoms with E-state index in [1.165, 1.54) is 11.3 Å². The molecule has 124 valence electrons. The van der Waals surface area contributed by atoms with Crippen molar-refractivity contribution in [3.63, 3.8) is 0 Å². The average molecular weight is 348 g/mol. The molecular weight excluding hydrogens is 332 g/mol. The number of thiophene rings is 1. The highest BCUT2D eigenvalue weighted by atomic mass is 32.1. The topological polar surface area (TPSA) is 73.1 Å². The number of nitrogens with one attached hydrogen (secondary N) is 1. The highest BCUT2D eigenvalue weighted by Gasteiger charge is 2.13. The van der Waals surface area contributed by atoms with Crippen LogP contribution in [0, 0.1) is 11.3 Å². The summed E-state index contributed by atoms with van der Waals surface area (Å²) >= 11 is 1.47. The monoisotopic (exact) mass is 348 g/mol. The third-order valence-electron chi connectivity index (χ3n) is 3.77. The molecule has 0 aliphatic rings. The molecule has 0 saturated heterocycles. The second-order valence-electron chi connectivity index (χ2n) is 5.49. The van der Waals surface area contributed by atoms with Crippen LogP contribution in [0.4, 0.5) is 0 Å². The van der Waals surface area contributed by atoms with E-state index < -0.39 is 6.10 Å². The van der Waals surface area contributed by atoms with Crippen LogP contribution in [0.15, 0.2) is 66.7 Å². The molecule has 25 heavy (non-hydrogen) atoms. The number of carbonyl (C=O) groups is 1. The molecule has 1 amide bonds. The summed E-state index contributed by atoms with van der Waals surface area (Å²) in [4.78, 5) is 13.9. The van der Waals surface area contributed by atoms with Crippen LogP contribution in [0.3, 0.4) is 0 Å². The molecule has 1 aromatic heterocycles. The molecule has 2 N–H and O–H groups in total. The molecule has 3 aromatic rings. The third kappa shape index (κ3) is 4.13. The van der Waals surface area contributed by atoms with Crippen molar-refractivity contribution in [2.75, 3.05) is 0 Å². The molecule has 0 radical (unpaired) electrons. The van der Waals surface area contributed by atoms with E-state index in [0.29, 0.717) is 17.7 Å². The number of nitriles is 1. The molecule has 3 rings (SSSR count). The van der Waals surface area contributed by atoms with E-state index in [4.69, 9.17) is 5.26 Å². The standard InChI is InChI=1S/C20H16N2O2S/c21-12-14-6-8-16(9-7-14)20(24)22-13-17-10-11-18(25-17)19(23)15-4-2-1-3-5-15/h1-11,19,23H,13H2,(H,22,24). The van der Waals surface area contributed by atoms with E-state index in [2.05, 4.69) is 5.32 Å². The van der Waals surface area contributed by atoms with E-state index >= 15 is 0 Å². The number of benzene rings is 2. The van der Waals surface area contributed by atoms with Crippen molar-refractivity contribution in [3.05, 3.63) is 93.2 Å². The van der Waals surface area contributed by atoms with Crippen LogP contribution in [-0.2, 0) is 6.54 Å². The second kappa shape index (κ2) is 7.75. The number of rotatable bonds is 5. The lowest BCUT2D eigenvalue weighted by atomic mass is 10.1. The predicted octanol–water partition coefficient (Wildman–Crippen LogP) is 3.63. The van der Waals surface area contributed by atoms with E-state index in [1.807, 2.05) is 48.5 Å². The maximum atomic E-state index is 12.1. The Morgan fingerprint density at radius 3 is 2.48 bits per heavy atom. The fourth-order valence-corrected chi connectivity index (χ4v) is 3.37. The lowest BCUT2D eigenvalue weighted by Gasteiger charge is -2.08. The first-order valence-electron chi connectivity index (χ1n) is 7.77. The number of hydrogen-bond acceptors (Lipinski definition) is 4. The highest BCUT2D eigenvalue weighted by molar-refractivity contribution is 7.12. The van der Waals surface area contributed by atoms with Crippen LogP contribution >= 0.6 is 11.3 Å². The van der Waals surface area contributed by atoms with Gasteiger partial charge in [-0.3, -0.25) is 4.79 Å². The molecule has 0 aliphatic heterocycles. The molecule has 0 fully saturated rings. The van der Waals surface area contributed by atoms with Crippen molar-refractivity contribution in [1.82, 2.24) is 5.32 Å². The van der Waals surface area contributed by atoms with Gasteiger partial charge in [-0.25, -0.2) is 0 Å². The van der Waals surface area contributed by atoms with E-state index in [0.717, 1.165) is 15.3 Å². The molecular formula is C20H16N2O2S. The van der Waals surface area contributed by atoms with Gasteiger partial charge >= 0.3 is 0 Å². The highest BCUT2D eigenvalue weighted by Crippen LogP contribution is 2.28. The third-order valence-corrected chi connectivity index (χ3v) is 4.90. The molecule has 4 nitrogen and oxygen atoms in total. The Bertz CT molecular complexity index is 895. The summed E-state index contributed by atoms with van der Waals surface area (Å²) in [5.74, 6) is -0.192. The zero-order valence-corrected chi connectivity index (χ0v) is 14.2. The van der Waals surface area contributed by atoms with Crippen LogP contribution in [0.5, 0.6) is 0 Å². The van der Waals surface area contributed by atoms with E-state index in [-0.39, 0.29) is 5.91 Å². The van der Waals surface area contributed by atoms with Crippen LogP contribution < -0.4 is 5.32 Å². The Morgan fingerprint density at radius 2 is 1.80 bits per heavy atom. The van der Waals surface area contributed by atoms with Gasteiger partial charge in [0.05, 0.1) is 18.2 Å². The summed E-state index contributed by atoms with van der Waals surface area (Å²) in [7, 11) is 0. The number of nitrogens with zero attached hydrogens (tertiary/aromatic N) is 1. The summed E-state index contributed by atoms with van der Waals surface area (Å²) in [5.41, 5.74) is 1.88. The van der Waals surface area contributed by atoms with Crippen molar-refractivity contribution in [1.29, 1.82) is 5.26 Å². The predicted molar refractivity (Wildman–Crippen MR) is 97.2 cm³/mol. The smallest absolute Gasteiger partial charge is 0.251 e. The van der Waals surface area contributed by atoms with Gasteiger partial charge in [0.25, 0.3) is 5.91 Å². The Hall–Kier alpha value is -2.94. The molecule has 1 heterocycles. The maximum absolute atomic E-state index is 12.1. The van der Waals surface area contributed by atoms with Gasteiger partial charge in [-0.05, 0) is 42.0 Å². The molecule has 5 heteroatoms. The molecule has 2 aromatic carbocycles. The molecule has 1 unspecified atom stereocenters. The van der Waals surface area contributed by atoms with Gasteiger partial charge in [0, 0.05) is 15.3 Å². The first kappa shape index (κ1) is 16.9. The summed E-state index contributed by atoms with van der Waals surface area (Å²) in [6.07, 6.45) is -0.658. The summed E-state index contributed by atoms with van der Waals surface area (Å²) in [5, 5.41) is 22.0.